The van der Waals surface area contributed by atoms with Crippen molar-refractivity contribution in [1.82, 2.24) is 4.57 Å². The Bertz CT molecular complexity index is 915. The summed E-state index contributed by atoms with van der Waals surface area (Å²) in [5.41, 5.74) is 3.15. The maximum atomic E-state index is 12.1. The van der Waals surface area contributed by atoms with Crippen LogP contribution in [0.4, 0.5) is 5.69 Å². The third-order valence-electron chi connectivity index (χ3n) is 3.28. The number of aromatic nitrogens is 1. The average Bonchev–Trinajstić information content (AvgIpc) is 2.55. The summed E-state index contributed by atoms with van der Waals surface area (Å²) in [5.74, 6) is -0.842. The molecule has 9 nitrogen and oxygen atoms in total. The number of rotatable bonds is 7. The lowest BCUT2D eigenvalue weighted by atomic mass is 10.2. The molecule has 1 amide bonds. The molecule has 0 saturated heterocycles. The number of pyridine rings is 1. The number of hydrogen-bond acceptors (Lipinski definition) is 6. The van der Waals surface area contributed by atoms with Gasteiger partial charge in [-0.25, -0.2) is 0 Å². The molecule has 1 atom stereocenters. The highest BCUT2D eigenvalue weighted by Crippen LogP contribution is 2.27. The van der Waals surface area contributed by atoms with Crippen molar-refractivity contribution in [3.8, 4) is 5.75 Å². The Labute approximate surface area is 156 Å². The second-order valence-electron chi connectivity index (χ2n) is 5.23. The van der Waals surface area contributed by atoms with Crippen molar-refractivity contribution in [2.24, 2.45) is 5.73 Å². The predicted molar refractivity (Wildman–Crippen MR) is 93.8 cm³/mol. The van der Waals surface area contributed by atoms with Crippen LogP contribution in [0, 0.1) is 10.1 Å². The lowest BCUT2D eigenvalue weighted by molar-refractivity contribution is -0.385. The Morgan fingerprint density at radius 1 is 1.38 bits per heavy atom. The molecular formula is C15H13Cl2N3O6. The van der Waals surface area contributed by atoms with Crippen molar-refractivity contribution in [3.63, 3.8) is 0 Å². The molecule has 0 unspecified atom stereocenters. The smallest absolute Gasteiger partial charge is 0.286 e. The highest BCUT2D eigenvalue weighted by atomic mass is 35.5. The average molecular weight is 402 g/mol. The molecule has 0 aliphatic carbocycles. The Hall–Kier alpha value is -2.62. The number of benzene rings is 1. The molecule has 0 fully saturated rings. The lowest BCUT2D eigenvalue weighted by Gasteiger charge is -2.15. The van der Waals surface area contributed by atoms with E-state index in [0.29, 0.717) is 5.02 Å². The molecule has 0 aliphatic heterocycles. The number of ether oxygens (including phenoxy) is 1. The summed E-state index contributed by atoms with van der Waals surface area (Å²) in [6.07, 6.45) is -0.310. The molecule has 11 heteroatoms. The predicted octanol–water partition coefficient (Wildman–Crippen LogP) is 1.60. The van der Waals surface area contributed by atoms with Gasteiger partial charge in [0.1, 0.15) is 24.0 Å². The van der Waals surface area contributed by atoms with Crippen LogP contribution in [0.5, 0.6) is 5.75 Å². The fraction of sp³-hybridized carbons (Fsp3) is 0.200. The number of carbonyl (C=O) groups excluding carboxylic acids is 1. The van der Waals surface area contributed by atoms with Crippen molar-refractivity contribution in [3.05, 3.63) is 66.5 Å². The normalized spacial score (nSPS) is 11.8. The van der Waals surface area contributed by atoms with Gasteiger partial charge in [-0.2, -0.15) is 0 Å². The Balaban J connectivity index is 2.17. The van der Waals surface area contributed by atoms with Gasteiger partial charge in [0.2, 0.25) is 0 Å². The fourth-order valence-electron chi connectivity index (χ4n) is 2.09. The maximum Gasteiger partial charge on any atom is 0.286 e. The van der Waals surface area contributed by atoms with E-state index in [1.54, 1.807) is 6.07 Å². The van der Waals surface area contributed by atoms with E-state index in [1.165, 1.54) is 12.1 Å². The molecule has 2 rings (SSSR count). The van der Waals surface area contributed by atoms with Crippen molar-refractivity contribution in [2.45, 2.75) is 12.6 Å². The van der Waals surface area contributed by atoms with Gasteiger partial charge in [-0.05, 0) is 18.2 Å². The molecule has 0 saturated carbocycles. The first kappa shape index (κ1) is 19.7. The molecule has 3 N–H and O–H groups in total. The van der Waals surface area contributed by atoms with Crippen LogP contribution in [0.1, 0.15) is 10.4 Å². The summed E-state index contributed by atoms with van der Waals surface area (Å²) in [5, 5.41) is 21.6. The Morgan fingerprint density at radius 3 is 2.65 bits per heavy atom. The molecule has 138 valence electrons. The van der Waals surface area contributed by atoms with Crippen LogP contribution in [0.2, 0.25) is 10.0 Å². The van der Waals surface area contributed by atoms with Crippen molar-refractivity contribution in [2.75, 3.05) is 6.61 Å². The first-order valence-electron chi connectivity index (χ1n) is 7.13. The number of carbonyl (C=O) groups is 1. The maximum absolute atomic E-state index is 12.1. The third-order valence-corrected chi connectivity index (χ3v) is 3.81. The summed E-state index contributed by atoms with van der Waals surface area (Å²) in [6, 6.07) is 5.29. The summed E-state index contributed by atoms with van der Waals surface area (Å²) in [6.45, 7) is -0.617. The SMILES string of the molecule is NC(=O)c1cc([N+](=O)[O-])cn(C[C@H](O)COc2ccc(Cl)cc2Cl)c1=O. The lowest BCUT2D eigenvalue weighted by Crippen LogP contribution is -2.34. The number of aliphatic hydroxyl groups excluding tert-OH is 1. The molecule has 1 aromatic carbocycles. The van der Waals surface area contributed by atoms with Gasteiger partial charge in [0.15, 0.2) is 0 Å². The van der Waals surface area contributed by atoms with Crippen LogP contribution in [0.3, 0.4) is 0 Å². The van der Waals surface area contributed by atoms with Crippen LogP contribution in [0.15, 0.2) is 35.3 Å². The highest BCUT2D eigenvalue weighted by Gasteiger charge is 2.19. The largest absolute Gasteiger partial charge is 0.489 e. The zero-order chi connectivity index (χ0) is 19.4. The van der Waals surface area contributed by atoms with E-state index in [-0.39, 0.29) is 23.9 Å². The monoisotopic (exact) mass is 401 g/mol. The van der Waals surface area contributed by atoms with Crippen LogP contribution >= 0.6 is 23.2 Å². The minimum absolute atomic E-state index is 0.230. The first-order valence-corrected chi connectivity index (χ1v) is 7.89. The minimum Gasteiger partial charge on any atom is -0.489 e. The topological polar surface area (TPSA) is 138 Å². The van der Waals surface area contributed by atoms with E-state index in [0.717, 1.165) is 16.8 Å². The van der Waals surface area contributed by atoms with Gasteiger partial charge in [0.25, 0.3) is 17.2 Å². The van der Waals surface area contributed by atoms with E-state index >= 15 is 0 Å². The van der Waals surface area contributed by atoms with Crippen LogP contribution < -0.4 is 16.0 Å². The number of hydrogen-bond donors (Lipinski definition) is 2. The molecule has 1 heterocycles. The van der Waals surface area contributed by atoms with Gasteiger partial charge >= 0.3 is 0 Å². The second-order valence-corrected chi connectivity index (χ2v) is 6.07. The number of halogens is 2. The van der Waals surface area contributed by atoms with Crippen molar-refractivity contribution in [1.29, 1.82) is 0 Å². The van der Waals surface area contributed by atoms with E-state index in [9.17, 15) is 24.8 Å². The molecule has 0 radical (unpaired) electrons. The number of aliphatic hydroxyl groups is 1. The molecule has 1 aromatic heterocycles. The summed E-state index contributed by atoms with van der Waals surface area (Å²) in [7, 11) is 0. The zero-order valence-corrected chi connectivity index (χ0v) is 14.6. The standard InChI is InChI=1S/C15H13Cl2N3O6/c16-8-1-2-13(12(17)3-8)26-7-10(21)6-19-5-9(20(24)25)4-11(14(18)22)15(19)23/h1-5,10,21H,6-7H2,(H2,18,22)/t10-/m0/s1. The molecule has 0 spiro atoms. The number of nitro groups is 1. The summed E-state index contributed by atoms with van der Waals surface area (Å²) < 4.78 is 6.17. The molecular weight excluding hydrogens is 389 g/mol. The van der Waals surface area contributed by atoms with E-state index in [4.69, 9.17) is 33.7 Å². The van der Waals surface area contributed by atoms with Gasteiger partial charge in [-0.1, -0.05) is 23.2 Å². The third kappa shape index (κ3) is 4.72. The van der Waals surface area contributed by atoms with Gasteiger partial charge in [-0.15, -0.1) is 0 Å². The molecule has 0 aliphatic rings. The first-order chi connectivity index (χ1) is 12.2. The Morgan fingerprint density at radius 2 is 2.08 bits per heavy atom. The molecule has 2 aromatic rings. The number of amides is 1. The number of nitrogens with two attached hydrogens (primary N) is 1. The number of primary amides is 1. The highest BCUT2D eigenvalue weighted by molar-refractivity contribution is 6.35. The van der Waals surface area contributed by atoms with Crippen LogP contribution in [0.25, 0.3) is 0 Å². The van der Waals surface area contributed by atoms with Crippen LogP contribution in [-0.4, -0.2) is 33.2 Å². The zero-order valence-electron chi connectivity index (χ0n) is 13.1. The summed E-state index contributed by atoms with van der Waals surface area (Å²) >= 11 is 11.7. The Kier molecular flexibility index (Phi) is 6.19. The van der Waals surface area contributed by atoms with Gasteiger partial charge in [-0.3, -0.25) is 19.7 Å². The quantitative estimate of drug-likeness (QED) is 0.533. The van der Waals surface area contributed by atoms with Gasteiger partial charge in [0.05, 0.1) is 22.7 Å². The fourth-order valence-corrected chi connectivity index (χ4v) is 2.55. The molecule has 26 heavy (non-hydrogen) atoms. The molecule has 0 bridgehead atoms. The minimum atomic E-state index is -1.22. The van der Waals surface area contributed by atoms with E-state index < -0.39 is 33.7 Å². The van der Waals surface area contributed by atoms with Crippen LogP contribution in [-0.2, 0) is 6.54 Å². The second kappa shape index (κ2) is 8.17. The van der Waals surface area contributed by atoms with Gasteiger partial charge in [0, 0.05) is 11.1 Å². The number of nitrogens with zero attached hydrogens (tertiary/aromatic N) is 2. The van der Waals surface area contributed by atoms with Gasteiger partial charge < -0.3 is 20.1 Å². The van der Waals surface area contributed by atoms with Crippen molar-refractivity contribution < 1.29 is 19.6 Å². The van der Waals surface area contributed by atoms with E-state index in [2.05, 4.69) is 0 Å². The van der Waals surface area contributed by atoms with Crippen molar-refractivity contribution >= 4 is 34.8 Å². The van der Waals surface area contributed by atoms with E-state index in [1.807, 2.05) is 0 Å². The summed E-state index contributed by atoms with van der Waals surface area (Å²) in [4.78, 5) is 33.6.